The van der Waals surface area contributed by atoms with E-state index in [4.69, 9.17) is 0 Å². The first-order chi connectivity index (χ1) is 8.56. The Morgan fingerprint density at radius 1 is 1.28 bits per heavy atom. The highest BCUT2D eigenvalue weighted by Gasteiger charge is 2.29. The van der Waals surface area contributed by atoms with Gasteiger partial charge in [-0.3, -0.25) is 9.59 Å². The Labute approximate surface area is 107 Å². The second-order valence-corrected chi connectivity index (χ2v) is 4.97. The van der Waals surface area contributed by atoms with Gasteiger partial charge in [0.1, 0.15) is 0 Å². The molecule has 4 heteroatoms. The Kier molecular flexibility index (Phi) is 3.65. The number of carbonyl (C=O) groups excluding carboxylic acids is 2. The molecule has 1 aliphatic rings. The lowest BCUT2D eigenvalue weighted by atomic mass is 10.1. The number of carbonyl (C=O) groups is 2. The van der Waals surface area contributed by atoms with Crippen molar-refractivity contribution in [2.45, 2.75) is 32.7 Å². The summed E-state index contributed by atoms with van der Waals surface area (Å²) in [5, 5.41) is 5.66. The number of nitrogens with one attached hydrogen (secondary N) is 2. The summed E-state index contributed by atoms with van der Waals surface area (Å²) in [6, 6.07) is 7.12. The number of hydrogen-bond donors (Lipinski definition) is 2. The van der Waals surface area contributed by atoms with Crippen LogP contribution < -0.4 is 10.6 Å². The van der Waals surface area contributed by atoms with Gasteiger partial charge < -0.3 is 10.6 Å². The van der Waals surface area contributed by atoms with Crippen LogP contribution in [0.2, 0.25) is 0 Å². The molecular formula is C14H18N2O2. The lowest BCUT2D eigenvalue weighted by Crippen LogP contribution is -2.30. The molecule has 0 unspecified atom stereocenters. The third-order valence-electron chi connectivity index (χ3n) is 2.76. The van der Waals surface area contributed by atoms with E-state index in [2.05, 4.69) is 10.6 Å². The van der Waals surface area contributed by atoms with Crippen LogP contribution in [0.1, 0.15) is 37.0 Å². The molecule has 4 nitrogen and oxygen atoms in total. The smallest absolute Gasteiger partial charge is 0.251 e. The van der Waals surface area contributed by atoms with Crippen LogP contribution in [0.4, 0.5) is 5.69 Å². The average molecular weight is 246 g/mol. The lowest BCUT2D eigenvalue weighted by Gasteiger charge is -2.10. The molecular weight excluding hydrogens is 228 g/mol. The Morgan fingerprint density at radius 2 is 2.00 bits per heavy atom. The highest BCUT2D eigenvalue weighted by molar-refractivity contribution is 5.98. The summed E-state index contributed by atoms with van der Waals surface area (Å²) < 4.78 is 0. The summed E-state index contributed by atoms with van der Waals surface area (Å²) in [6.45, 7) is 3.83. The van der Waals surface area contributed by atoms with Crippen molar-refractivity contribution in [2.75, 3.05) is 5.32 Å². The van der Waals surface area contributed by atoms with E-state index >= 15 is 0 Å². The Hall–Kier alpha value is -1.84. The van der Waals surface area contributed by atoms with Crippen LogP contribution in [-0.2, 0) is 4.79 Å². The molecule has 1 fully saturated rings. The maximum Gasteiger partial charge on any atom is 0.251 e. The van der Waals surface area contributed by atoms with E-state index in [1.165, 1.54) is 0 Å². The highest BCUT2D eigenvalue weighted by atomic mass is 16.2. The van der Waals surface area contributed by atoms with E-state index < -0.39 is 0 Å². The topological polar surface area (TPSA) is 58.2 Å². The minimum Gasteiger partial charge on any atom is -0.350 e. The van der Waals surface area contributed by atoms with E-state index in [1.54, 1.807) is 24.3 Å². The second kappa shape index (κ2) is 5.21. The number of anilines is 1. The molecule has 0 radical (unpaired) electrons. The zero-order chi connectivity index (χ0) is 13.1. The molecule has 2 N–H and O–H groups in total. The molecule has 0 aliphatic heterocycles. The summed E-state index contributed by atoms with van der Waals surface area (Å²) in [6.07, 6.45) is 1.94. The van der Waals surface area contributed by atoms with Gasteiger partial charge >= 0.3 is 0 Å². The first-order valence-corrected chi connectivity index (χ1v) is 6.28. The van der Waals surface area contributed by atoms with Crippen LogP contribution in [-0.4, -0.2) is 17.9 Å². The quantitative estimate of drug-likeness (QED) is 0.855. The third-order valence-corrected chi connectivity index (χ3v) is 2.76. The average Bonchev–Trinajstić information content (AvgIpc) is 3.12. The summed E-state index contributed by atoms with van der Waals surface area (Å²) in [5.41, 5.74) is 1.25. The van der Waals surface area contributed by atoms with Gasteiger partial charge in [0.15, 0.2) is 0 Å². The summed E-state index contributed by atoms with van der Waals surface area (Å²) >= 11 is 0. The van der Waals surface area contributed by atoms with Gasteiger partial charge in [-0.25, -0.2) is 0 Å². The molecule has 0 atom stereocenters. The largest absolute Gasteiger partial charge is 0.350 e. The zero-order valence-corrected chi connectivity index (χ0v) is 10.7. The minimum atomic E-state index is -0.118. The Balaban J connectivity index is 2.04. The van der Waals surface area contributed by atoms with Gasteiger partial charge in [0, 0.05) is 23.2 Å². The molecule has 2 amide bonds. The van der Waals surface area contributed by atoms with Gasteiger partial charge in [-0.05, 0) is 44.9 Å². The van der Waals surface area contributed by atoms with Crippen LogP contribution >= 0.6 is 0 Å². The van der Waals surface area contributed by atoms with Crippen LogP contribution in [0, 0.1) is 5.92 Å². The van der Waals surface area contributed by atoms with Crippen molar-refractivity contribution >= 4 is 17.5 Å². The first kappa shape index (κ1) is 12.6. The zero-order valence-electron chi connectivity index (χ0n) is 10.7. The summed E-state index contributed by atoms with van der Waals surface area (Å²) in [4.78, 5) is 23.4. The SMILES string of the molecule is CC(C)NC(=O)c1cccc(NC(=O)C2CC2)c1. The van der Waals surface area contributed by atoms with Gasteiger partial charge in [-0.2, -0.15) is 0 Å². The molecule has 1 saturated carbocycles. The maximum atomic E-state index is 11.8. The Morgan fingerprint density at radius 3 is 2.61 bits per heavy atom. The predicted octanol–water partition coefficient (Wildman–Crippen LogP) is 2.17. The van der Waals surface area contributed by atoms with Crippen LogP contribution in [0.15, 0.2) is 24.3 Å². The molecule has 1 aromatic rings. The number of rotatable bonds is 4. The fourth-order valence-corrected chi connectivity index (χ4v) is 1.67. The maximum absolute atomic E-state index is 11.8. The summed E-state index contributed by atoms with van der Waals surface area (Å²) in [7, 11) is 0. The van der Waals surface area contributed by atoms with E-state index in [9.17, 15) is 9.59 Å². The van der Waals surface area contributed by atoms with Crippen molar-refractivity contribution in [3.63, 3.8) is 0 Å². The predicted molar refractivity (Wildman–Crippen MR) is 70.4 cm³/mol. The van der Waals surface area contributed by atoms with Crippen molar-refractivity contribution in [2.24, 2.45) is 5.92 Å². The van der Waals surface area contributed by atoms with Crippen LogP contribution in [0.3, 0.4) is 0 Å². The highest BCUT2D eigenvalue weighted by Crippen LogP contribution is 2.30. The van der Waals surface area contributed by atoms with Crippen molar-refractivity contribution < 1.29 is 9.59 Å². The van der Waals surface area contributed by atoms with Crippen molar-refractivity contribution in [1.29, 1.82) is 0 Å². The van der Waals surface area contributed by atoms with Crippen molar-refractivity contribution in [3.05, 3.63) is 29.8 Å². The number of hydrogen-bond acceptors (Lipinski definition) is 2. The standard InChI is InChI=1S/C14H18N2O2/c1-9(2)15-14(18)11-4-3-5-12(8-11)16-13(17)10-6-7-10/h3-5,8-10H,6-7H2,1-2H3,(H,15,18)(H,16,17). The molecule has 0 saturated heterocycles. The molecule has 2 rings (SSSR count). The van der Waals surface area contributed by atoms with Gasteiger partial charge in [-0.15, -0.1) is 0 Å². The third kappa shape index (κ3) is 3.32. The van der Waals surface area contributed by atoms with Gasteiger partial charge in [-0.1, -0.05) is 6.07 Å². The Bertz CT molecular complexity index is 465. The van der Waals surface area contributed by atoms with E-state index in [0.717, 1.165) is 12.8 Å². The molecule has 1 aliphatic carbocycles. The monoisotopic (exact) mass is 246 g/mol. The van der Waals surface area contributed by atoms with Crippen molar-refractivity contribution in [3.8, 4) is 0 Å². The minimum absolute atomic E-state index is 0.0522. The van der Waals surface area contributed by atoms with Gasteiger partial charge in [0.2, 0.25) is 5.91 Å². The number of amides is 2. The second-order valence-electron chi connectivity index (χ2n) is 4.97. The van der Waals surface area contributed by atoms with Gasteiger partial charge in [0.25, 0.3) is 5.91 Å². The molecule has 0 aromatic heterocycles. The first-order valence-electron chi connectivity index (χ1n) is 6.28. The molecule has 96 valence electrons. The molecule has 0 spiro atoms. The lowest BCUT2D eigenvalue weighted by molar-refractivity contribution is -0.117. The molecule has 0 heterocycles. The van der Waals surface area contributed by atoms with Crippen molar-refractivity contribution in [1.82, 2.24) is 5.32 Å². The van der Waals surface area contributed by atoms with E-state index in [0.29, 0.717) is 11.3 Å². The van der Waals surface area contributed by atoms with Crippen LogP contribution in [0.5, 0.6) is 0 Å². The molecule has 18 heavy (non-hydrogen) atoms. The number of benzene rings is 1. The summed E-state index contributed by atoms with van der Waals surface area (Å²) in [5.74, 6) is 0.0992. The van der Waals surface area contributed by atoms with Gasteiger partial charge in [0.05, 0.1) is 0 Å². The van der Waals surface area contributed by atoms with E-state index in [1.807, 2.05) is 13.8 Å². The fraction of sp³-hybridized carbons (Fsp3) is 0.429. The molecule has 0 bridgehead atoms. The normalized spacial score (nSPS) is 14.4. The molecule has 1 aromatic carbocycles. The van der Waals surface area contributed by atoms with Crippen LogP contribution in [0.25, 0.3) is 0 Å². The fourth-order valence-electron chi connectivity index (χ4n) is 1.67. The van der Waals surface area contributed by atoms with E-state index in [-0.39, 0.29) is 23.8 Å².